The summed E-state index contributed by atoms with van der Waals surface area (Å²) in [6, 6.07) is 24.4. The highest BCUT2D eigenvalue weighted by Crippen LogP contribution is 2.29. The third kappa shape index (κ3) is 4.14. The number of hydrogen-bond acceptors (Lipinski definition) is 0. The van der Waals surface area contributed by atoms with Gasteiger partial charge in [-0.05, 0) is 58.2 Å². The molecule has 0 heterocycles. The van der Waals surface area contributed by atoms with Crippen LogP contribution in [0.1, 0.15) is 37.0 Å². The zero-order chi connectivity index (χ0) is 18.5. The Morgan fingerprint density at radius 3 is 2.04 bits per heavy atom. The standard InChI is InChI=1S/C26H28/c1-5-19(3)17-22-9-11-23(12-10-22)25-15-16-26(20(4)18-25)24-13-7-21(6-2)8-14-24/h6-16,18-19H,2,5,17H2,1,3-4H3. The molecular weight excluding hydrogens is 312 g/mol. The van der Waals surface area contributed by atoms with E-state index < -0.39 is 0 Å². The van der Waals surface area contributed by atoms with Gasteiger partial charge in [0.2, 0.25) is 0 Å². The summed E-state index contributed by atoms with van der Waals surface area (Å²) in [7, 11) is 0. The van der Waals surface area contributed by atoms with Crippen LogP contribution in [0.15, 0.2) is 73.3 Å². The van der Waals surface area contributed by atoms with Crippen LogP contribution in [-0.2, 0) is 6.42 Å². The Labute approximate surface area is 158 Å². The molecule has 3 rings (SSSR count). The van der Waals surface area contributed by atoms with Crippen molar-refractivity contribution in [1.82, 2.24) is 0 Å². The van der Waals surface area contributed by atoms with Crippen LogP contribution < -0.4 is 0 Å². The van der Waals surface area contributed by atoms with Gasteiger partial charge in [0.1, 0.15) is 0 Å². The van der Waals surface area contributed by atoms with Crippen molar-refractivity contribution in [2.75, 3.05) is 0 Å². The van der Waals surface area contributed by atoms with Gasteiger partial charge in [-0.1, -0.05) is 99.7 Å². The zero-order valence-corrected chi connectivity index (χ0v) is 16.1. The summed E-state index contributed by atoms with van der Waals surface area (Å²) in [5, 5.41) is 0. The van der Waals surface area contributed by atoms with E-state index >= 15 is 0 Å². The monoisotopic (exact) mass is 340 g/mol. The molecule has 0 heteroatoms. The van der Waals surface area contributed by atoms with E-state index in [0.29, 0.717) is 0 Å². The van der Waals surface area contributed by atoms with Gasteiger partial charge in [-0.2, -0.15) is 0 Å². The zero-order valence-electron chi connectivity index (χ0n) is 16.1. The maximum absolute atomic E-state index is 3.82. The molecule has 3 aromatic carbocycles. The molecule has 1 atom stereocenters. The predicted molar refractivity (Wildman–Crippen MR) is 115 cm³/mol. The first-order valence-corrected chi connectivity index (χ1v) is 9.53. The second-order valence-corrected chi connectivity index (χ2v) is 7.27. The Bertz CT molecular complexity index is 867. The molecule has 0 aliphatic carbocycles. The van der Waals surface area contributed by atoms with E-state index in [9.17, 15) is 0 Å². The molecular formula is C26H28. The first-order valence-electron chi connectivity index (χ1n) is 9.53. The van der Waals surface area contributed by atoms with Gasteiger partial charge in [0.15, 0.2) is 0 Å². The van der Waals surface area contributed by atoms with Crippen molar-refractivity contribution < 1.29 is 0 Å². The molecule has 0 bridgehead atoms. The van der Waals surface area contributed by atoms with Crippen LogP contribution in [0.5, 0.6) is 0 Å². The van der Waals surface area contributed by atoms with Crippen LogP contribution in [0, 0.1) is 12.8 Å². The van der Waals surface area contributed by atoms with Crippen LogP contribution >= 0.6 is 0 Å². The molecule has 132 valence electrons. The van der Waals surface area contributed by atoms with Crippen LogP contribution in [0.3, 0.4) is 0 Å². The Hall–Kier alpha value is -2.60. The molecule has 26 heavy (non-hydrogen) atoms. The quantitative estimate of drug-likeness (QED) is 0.434. The van der Waals surface area contributed by atoms with Crippen LogP contribution in [0.2, 0.25) is 0 Å². The fourth-order valence-corrected chi connectivity index (χ4v) is 3.35. The third-order valence-electron chi connectivity index (χ3n) is 5.25. The fraction of sp³-hybridized carbons (Fsp3) is 0.231. The largest absolute Gasteiger partial charge is 0.0985 e. The second kappa shape index (κ2) is 8.19. The maximum atomic E-state index is 3.82. The van der Waals surface area contributed by atoms with Crippen LogP contribution in [-0.4, -0.2) is 0 Å². The van der Waals surface area contributed by atoms with Gasteiger partial charge in [0, 0.05) is 0 Å². The van der Waals surface area contributed by atoms with Crippen molar-refractivity contribution in [3.05, 3.63) is 90.0 Å². The lowest BCUT2D eigenvalue weighted by Gasteiger charge is -2.11. The lowest BCUT2D eigenvalue weighted by molar-refractivity contribution is 0.560. The van der Waals surface area contributed by atoms with Crippen LogP contribution in [0.4, 0.5) is 0 Å². The molecule has 0 radical (unpaired) electrons. The van der Waals surface area contributed by atoms with Crippen molar-refractivity contribution in [3.8, 4) is 22.3 Å². The summed E-state index contributed by atoms with van der Waals surface area (Å²) < 4.78 is 0. The van der Waals surface area contributed by atoms with Crippen LogP contribution in [0.25, 0.3) is 28.3 Å². The Kier molecular flexibility index (Phi) is 5.73. The molecule has 0 N–H and O–H groups in total. The summed E-state index contributed by atoms with van der Waals surface area (Å²) in [5.41, 5.74) is 9.00. The maximum Gasteiger partial charge on any atom is -0.0154 e. The first kappa shape index (κ1) is 18.2. The molecule has 1 unspecified atom stereocenters. The second-order valence-electron chi connectivity index (χ2n) is 7.27. The van der Waals surface area contributed by atoms with Gasteiger partial charge < -0.3 is 0 Å². The van der Waals surface area contributed by atoms with Gasteiger partial charge in [-0.3, -0.25) is 0 Å². The van der Waals surface area contributed by atoms with Gasteiger partial charge >= 0.3 is 0 Å². The number of benzene rings is 3. The third-order valence-corrected chi connectivity index (χ3v) is 5.25. The van der Waals surface area contributed by atoms with E-state index in [4.69, 9.17) is 0 Å². The Morgan fingerprint density at radius 2 is 1.46 bits per heavy atom. The molecule has 0 saturated heterocycles. The molecule has 0 saturated carbocycles. The molecule has 0 spiro atoms. The summed E-state index contributed by atoms with van der Waals surface area (Å²) in [5.74, 6) is 0.745. The average Bonchev–Trinajstić information content (AvgIpc) is 2.68. The summed E-state index contributed by atoms with van der Waals surface area (Å²) in [6.45, 7) is 10.6. The minimum atomic E-state index is 0.745. The van der Waals surface area contributed by atoms with Crippen molar-refractivity contribution >= 4 is 6.08 Å². The minimum absolute atomic E-state index is 0.745. The smallest absolute Gasteiger partial charge is 0.0154 e. The Balaban J connectivity index is 1.83. The van der Waals surface area contributed by atoms with E-state index in [0.717, 1.165) is 17.9 Å². The van der Waals surface area contributed by atoms with Crippen molar-refractivity contribution in [1.29, 1.82) is 0 Å². The topological polar surface area (TPSA) is 0 Å². The van der Waals surface area contributed by atoms with Gasteiger partial charge in [0.05, 0.1) is 0 Å². The van der Waals surface area contributed by atoms with Gasteiger partial charge in [-0.15, -0.1) is 0 Å². The molecule has 0 aliphatic heterocycles. The number of aryl methyl sites for hydroxylation is 1. The van der Waals surface area contributed by atoms with Gasteiger partial charge in [-0.25, -0.2) is 0 Å². The Morgan fingerprint density at radius 1 is 0.846 bits per heavy atom. The van der Waals surface area contributed by atoms with E-state index in [1.54, 1.807) is 0 Å². The lowest BCUT2D eigenvalue weighted by Crippen LogP contribution is -1.97. The highest BCUT2D eigenvalue weighted by Gasteiger charge is 2.06. The molecule has 3 aromatic rings. The lowest BCUT2D eigenvalue weighted by atomic mass is 9.93. The van der Waals surface area contributed by atoms with Crippen molar-refractivity contribution in [3.63, 3.8) is 0 Å². The minimum Gasteiger partial charge on any atom is -0.0985 e. The molecule has 0 amide bonds. The van der Waals surface area contributed by atoms with E-state index in [2.05, 4.69) is 94.1 Å². The summed E-state index contributed by atoms with van der Waals surface area (Å²) >= 11 is 0. The molecule has 0 aromatic heterocycles. The highest BCUT2D eigenvalue weighted by atomic mass is 14.1. The van der Waals surface area contributed by atoms with E-state index in [-0.39, 0.29) is 0 Å². The normalized spacial score (nSPS) is 12.0. The fourth-order valence-electron chi connectivity index (χ4n) is 3.35. The summed E-state index contributed by atoms with van der Waals surface area (Å²) in [6.07, 6.45) is 4.27. The van der Waals surface area contributed by atoms with Crippen molar-refractivity contribution in [2.24, 2.45) is 5.92 Å². The van der Waals surface area contributed by atoms with Crippen molar-refractivity contribution in [2.45, 2.75) is 33.6 Å². The van der Waals surface area contributed by atoms with E-state index in [1.165, 1.54) is 39.8 Å². The highest BCUT2D eigenvalue weighted by molar-refractivity contribution is 5.74. The number of hydrogen-bond donors (Lipinski definition) is 0. The number of rotatable bonds is 6. The molecule has 0 fully saturated rings. The first-order chi connectivity index (χ1) is 12.6. The average molecular weight is 341 g/mol. The molecule has 0 nitrogen and oxygen atoms in total. The SMILES string of the molecule is C=Cc1ccc(-c2ccc(-c3ccc(CC(C)CC)cc3)cc2C)cc1. The summed E-state index contributed by atoms with van der Waals surface area (Å²) in [4.78, 5) is 0. The van der Waals surface area contributed by atoms with Gasteiger partial charge in [0.25, 0.3) is 0 Å². The molecule has 0 aliphatic rings. The van der Waals surface area contributed by atoms with E-state index in [1.807, 2.05) is 6.08 Å². The predicted octanol–water partition coefficient (Wildman–Crippen LogP) is 7.56.